The highest BCUT2D eigenvalue weighted by atomic mass is 32.1. The molecule has 1 aromatic heterocycles. The summed E-state index contributed by atoms with van der Waals surface area (Å²) in [5.41, 5.74) is 1.23. The van der Waals surface area contributed by atoms with Crippen LogP contribution in [0.15, 0.2) is 35.9 Å². The third-order valence-electron chi connectivity index (χ3n) is 4.65. The average molecular weight is 407 g/mol. The zero-order valence-electron chi connectivity index (χ0n) is 15.2. The molecule has 1 fully saturated rings. The summed E-state index contributed by atoms with van der Waals surface area (Å²) in [6, 6.07) is 6.03. The third kappa shape index (κ3) is 3.45. The summed E-state index contributed by atoms with van der Waals surface area (Å²) in [5.74, 6) is -1.48. The molecule has 2 heterocycles. The minimum absolute atomic E-state index is 0.0725. The fourth-order valence-corrected chi connectivity index (χ4v) is 3.18. The number of halogens is 3. The Morgan fingerprint density at radius 1 is 1.14 bits per heavy atom. The number of carbonyl (C=O) groups excluding carboxylic acids is 2. The van der Waals surface area contributed by atoms with E-state index < -0.39 is 23.6 Å². The number of carbonyl (C=O) groups is 2. The van der Waals surface area contributed by atoms with E-state index in [1.165, 1.54) is 18.2 Å². The minimum atomic E-state index is -4.57. The molecule has 2 amide bonds. The van der Waals surface area contributed by atoms with Crippen molar-refractivity contribution in [3.05, 3.63) is 58.4 Å². The molecule has 28 heavy (non-hydrogen) atoms. The molecule has 1 aliphatic rings. The highest BCUT2D eigenvalue weighted by Crippen LogP contribution is 2.32. The third-order valence-corrected chi connectivity index (χ3v) is 4.93. The van der Waals surface area contributed by atoms with E-state index >= 15 is 0 Å². The van der Waals surface area contributed by atoms with Crippen molar-refractivity contribution in [2.75, 3.05) is 4.90 Å². The Labute approximate surface area is 164 Å². The zero-order chi connectivity index (χ0) is 20.8. The molecule has 146 valence electrons. The second kappa shape index (κ2) is 6.90. The van der Waals surface area contributed by atoms with Gasteiger partial charge in [0.15, 0.2) is 5.11 Å². The molecule has 9 heteroatoms. The van der Waals surface area contributed by atoms with Gasteiger partial charge in [-0.25, -0.2) is 0 Å². The number of benzene rings is 1. The lowest BCUT2D eigenvalue weighted by atomic mass is 10.1. The maximum Gasteiger partial charge on any atom is 0.416 e. The number of thiocarbonyl (C=S) groups is 1. The van der Waals surface area contributed by atoms with Crippen molar-refractivity contribution in [1.82, 2.24) is 9.88 Å². The summed E-state index contributed by atoms with van der Waals surface area (Å²) >= 11 is 5.03. The standard InChI is InChI=1S/C19H16F3N3O2S/c1-10-7-12(11(2)24(10)3)8-15-16(26)23-18(28)25(17(15)27)14-6-4-5-13(9-14)19(20,21)22/h4-9H,1-3H3,(H,23,26,28)/b15-8+. The number of amides is 2. The summed E-state index contributed by atoms with van der Waals surface area (Å²) in [5, 5.41) is 2.10. The van der Waals surface area contributed by atoms with Gasteiger partial charge < -0.3 is 4.57 Å². The molecule has 0 spiro atoms. The highest BCUT2D eigenvalue weighted by Gasteiger charge is 2.36. The van der Waals surface area contributed by atoms with E-state index in [0.29, 0.717) is 5.56 Å². The van der Waals surface area contributed by atoms with Crippen LogP contribution in [0.2, 0.25) is 0 Å². The van der Waals surface area contributed by atoms with Crippen LogP contribution in [0, 0.1) is 13.8 Å². The van der Waals surface area contributed by atoms with E-state index in [2.05, 4.69) is 5.32 Å². The fraction of sp³-hybridized carbons (Fsp3) is 0.211. The summed E-state index contributed by atoms with van der Waals surface area (Å²) < 4.78 is 41.0. The highest BCUT2D eigenvalue weighted by molar-refractivity contribution is 7.80. The number of aryl methyl sites for hydroxylation is 1. The van der Waals surface area contributed by atoms with E-state index in [-0.39, 0.29) is 16.4 Å². The van der Waals surface area contributed by atoms with Gasteiger partial charge in [0.1, 0.15) is 5.57 Å². The van der Waals surface area contributed by atoms with Gasteiger partial charge >= 0.3 is 6.18 Å². The first-order valence-corrected chi connectivity index (χ1v) is 8.63. The predicted octanol–water partition coefficient (Wildman–Crippen LogP) is 3.49. The molecule has 0 atom stereocenters. The minimum Gasteiger partial charge on any atom is -0.352 e. The number of nitrogens with zero attached hydrogens (tertiary/aromatic N) is 2. The van der Waals surface area contributed by atoms with Crippen LogP contribution >= 0.6 is 12.2 Å². The SMILES string of the molecule is Cc1cc(/C=C2\C(=O)NC(=S)N(c3cccc(C(F)(F)F)c3)C2=O)c(C)n1C. The molecule has 1 aliphatic heterocycles. The van der Waals surface area contributed by atoms with Crippen LogP contribution in [-0.2, 0) is 22.8 Å². The number of rotatable bonds is 2. The Morgan fingerprint density at radius 3 is 2.39 bits per heavy atom. The number of hydrogen-bond donors (Lipinski definition) is 1. The van der Waals surface area contributed by atoms with Gasteiger partial charge in [0.05, 0.1) is 11.3 Å². The Bertz CT molecular complexity index is 1040. The molecule has 0 unspecified atom stereocenters. The van der Waals surface area contributed by atoms with Gasteiger partial charge in [-0.3, -0.25) is 19.8 Å². The molecule has 0 bridgehead atoms. The van der Waals surface area contributed by atoms with Crippen molar-refractivity contribution in [3.63, 3.8) is 0 Å². The van der Waals surface area contributed by atoms with E-state index in [1.54, 1.807) is 0 Å². The van der Waals surface area contributed by atoms with Crippen molar-refractivity contribution in [1.29, 1.82) is 0 Å². The van der Waals surface area contributed by atoms with Crippen molar-refractivity contribution in [2.24, 2.45) is 7.05 Å². The molecule has 0 radical (unpaired) electrons. The Balaban J connectivity index is 2.06. The van der Waals surface area contributed by atoms with Crippen molar-refractivity contribution in [3.8, 4) is 0 Å². The summed E-state index contributed by atoms with van der Waals surface area (Å²) in [6.45, 7) is 3.71. The molecular formula is C19H16F3N3O2S. The maximum atomic E-state index is 13.0. The van der Waals surface area contributed by atoms with Crippen LogP contribution in [0.5, 0.6) is 0 Å². The van der Waals surface area contributed by atoms with Crippen molar-refractivity contribution < 1.29 is 22.8 Å². The first kappa shape index (κ1) is 19.8. The first-order valence-electron chi connectivity index (χ1n) is 8.22. The maximum absolute atomic E-state index is 13.0. The Kier molecular flexibility index (Phi) is 4.88. The van der Waals surface area contributed by atoms with Gasteiger partial charge in [0.25, 0.3) is 11.8 Å². The molecule has 0 aliphatic carbocycles. The average Bonchev–Trinajstić information content (AvgIpc) is 2.85. The lowest BCUT2D eigenvalue weighted by Crippen LogP contribution is -2.54. The van der Waals surface area contributed by atoms with Crippen LogP contribution < -0.4 is 10.2 Å². The van der Waals surface area contributed by atoms with Crippen LogP contribution in [0.1, 0.15) is 22.5 Å². The number of aromatic nitrogens is 1. The Hall–Kier alpha value is -2.94. The van der Waals surface area contributed by atoms with E-state index in [9.17, 15) is 22.8 Å². The topological polar surface area (TPSA) is 54.3 Å². The van der Waals surface area contributed by atoms with Crippen LogP contribution in [0.4, 0.5) is 18.9 Å². The predicted molar refractivity (Wildman–Crippen MR) is 103 cm³/mol. The van der Waals surface area contributed by atoms with E-state index in [4.69, 9.17) is 12.2 Å². The Morgan fingerprint density at radius 2 is 1.82 bits per heavy atom. The second-order valence-corrected chi connectivity index (χ2v) is 6.78. The van der Waals surface area contributed by atoms with Gasteiger partial charge in [-0.05, 0) is 62.0 Å². The van der Waals surface area contributed by atoms with Crippen LogP contribution in [0.25, 0.3) is 6.08 Å². The number of nitrogens with one attached hydrogen (secondary N) is 1. The quantitative estimate of drug-likeness (QED) is 0.471. The smallest absolute Gasteiger partial charge is 0.352 e. The summed E-state index contributed by atoms with van der Waals surface area (Å²) in [7, 11) is 1.85. The monoisotopic (exact) mass is 407 g/mol. The molecule has 3 rings (SSSR count). The van der Waals surface area contributed by atoms with Gasteiger partial charge in [-0.2, -0.15) is 13.2 Å². The fourth-order valence-electron chi connectivity index (χ4n) is 2.90. The van der Waals surface area contributed by atoms with E-state index in [1.807, 2.05) is 31.5 Å². The molecular weight excluding hydrogens is 391 g/mol. The lowest BCUT2D eigenvalue weighted by Gasteiger charge is -2.29. The van der Waals surface area contributed by atoms with Crippen molar-refractivity contribution >= 4 is 40.9 Å². The molecule has 1 aromatic carbocycles. The van der Waals surface area contributed by atoms with Gasteiger partial charge in [0.2, 0.25) is 0 Å². The van der Waals surface area contributed by atoms with E-state index in [0.717, 1.165) is 28.4 Å². The van der Waals surface area contributed by atoms with Gasteiger partial charge in [-0.15, -0.1) is 0 Å². The molecule has 2 aromatic rings. The second-order valence-electron chi connectivity index (χ2n) is 6.39. The molecule has 5 nitrogen and oxygen atoms in total. The van der Waals surface area contributed by atoms with Crippen LogP contribution in [-0.4, -0.2) is 21.5 Å². The first-order chi connectivity index (χ1) is 13.0. The zero-order valence-corrected chi connectivity index (χ0v) is 16.0. The molecule has 1 N–H and O–H groups in total. The number of alkyl halides is 3. The lowest BCUT2D eigenvalue weighted by molar-refractivity contribution is -0.137. The van der Waals surface area contributed by atoms with Gasteiger partial charge in [-0.1, -0.05) is 6.07 Å². The number of anilines is 1. The summed E-state index contributed by atoms with van der Waals surface area (Å²) in [6.07, 6.45) is -3.15. The normalized spacial score (nSPS) is 16.7. The molecule has 1 saturated heterocycles. The van der Waals surface area contributed by atoms with Crippen LogP contribution in [0.3, 0.4) is 0 Å². The van der Waals surface area contributed by atoms with Crippen molar-refractivity contribution in [2.45, 2.75) is 20.0 Å². The van der Waals surface area contributed by atoms with Gasteiger partial charge in [0, 0.05) is 18.4 Å². The molecule has 0 saturated carbocycles. The summed E-state index contributed by atoms with van der Waals surface area (Å²) in [4.78, 5) is 26.2. The number of hydrogen-bond acceptors (Lipinski definition) is 3. The largest absolute Gasteiger partial charge is 0.416 e.